The minimum atomic E-state index is -3.79. The predicted octanol–water partition coefficient (Wildman–Crippen LogP) is 4.23. The molecule has 0 fully saturated rings. The van der Waals surface area contributed by atoms with Gasteiger partial charge in [-0.3, -0.25) is 9.71 Å². The maximum Gasteiger partial charge on any atom is 0.338 e. The van der Waals surface area contributed by atoms with Crippen LogP contribution in [-0.2, 0) is 14.8 Å². The molecule has 0 bridgehead atoms. The lowest BCUT2D eigenvalue weighted by molar-refractivity contribution is 0.0526. The van der Waals surface area contributed by atoms with Crippen LogP contribution in [0.25, 0.3) is 12.2 Å². The van der Waals surface area contributed by atoms with Gasteiger partial charge in [-0.1, -0.05) is 24.3 Å². The number of carbonyl (C=O) groups excluding carboxylic acids is 1. The number of rotatable bonds is 7. The highest BCUT2D eigenvalue weighted by molar-refractivity contribution is 7.92. The number of hydrogen-bond acceptors (Lipinski definition) is 5. The number of aromatic nitrogens is 1. The van der Waals surface area contributed by atoms with Crippen LogP contribution in [0.2, 0.25) is 0 Å². The lowest BCUT2D eigenvalue weighted by Crippen LogP contribution is -2.13. The molecule has 0 spiro atoms. The van der Waals surface area contributed by atoms with Gasteiger partial charge in [0.05, 0.1) is 22.8 Å². The maximum absolute atomic E-state index is 12.6. The molecule has 0 amide bonds. The second-order valence-corrected chi connectivity index (χ2v) is 7.75. The van der Waals surface area contributed by atoms with Crippen LogP contribution in [0, 0.1) is 0 Å². The third-order valence-corrected chi connectivity index (χ3v) is 5.35. The summed E-state index contributed by atoms with van der Waals surface area (Å²) < 4.78 is 32.7. The van der Waals surface area contributed by atoms with Gasteiger partial charge in [0.2, 0.25) is 0 Å². The van der Waals surface area contributed by atoms with Crippen LogP contribution >= 0.6 is 0 Å². The number of anilines is 1. The molecule has 7 heteroatoms. The Hall–Kier alpha value is -3.45. The van der Waals surface area contributed by atoms with Crippen molar-refractivity contribution in [1.82, 2.24) is 4.98 Å². The topological polar surface area (TPSA) is 85.4 Å². The highest BCUT2D eigenvalue weighted by Gasteiger charge is 2.15. The van der Waals surface area contributed by atoms with Gasteiger partial charge in [-0.15, -0.1) is 0 Å². The number of benzene rings is 2. The van der Waals surface area contributed by atoms with Crippen molar-refractivity contribution in [2.24, 2.45) is 0 Å². The normalized spacial score (nSPS) is 11.3. The van der Waals surface area contributed by atoms with E-state index in [9.17, 15) is 13.2 Å². The van der Waals surface area contributed by atoms with Crippen LogP contribution in [0.3, 0.4) is 0 Å². The zero-order valence-corrected chi connectivity index (χ0v) is 16.6. The van der Waals surface area contributed by atoms with E-state index in [0.717, 1.165) is 11.3 Å². The first-order valence-electron chi connectivity index (χ1n) is 8.97. The molecule has 0 aliphatic rings. The van der Waals surface area contributed by atoms with Crippen LogP contribution in [0.1, 0.15) is 28.5 Å². The number of sulfonamides is 1. The zero-order chi connectivity index (χ0) is 20.7. The standard InChI is InChI=1S/C22H20N2O4S/c1-2-28-22(25)18-10-13-21(14-11-18)29(26,27)24-20-8-5-6-17(16-20)9-12-19-7-3-4-15-23-19/h3-16,24H,2H2,1H3/b12-9+. The van der Waals surface area contributed by atoms with Gasteiger partial charge >= 0.3 is 5.97 Å². The molecule has 3 aromatic rings. The highest BCUT2D eigenvalue weighted by atomic mass is 32.2. The molecule has 0 unspecified atom stereocenters. The van der Waals surface area contributed by atoms with Crippen LogP contribution in [0.4, 0.5) is 5.69 Å². The van der Waals surface area contributed by atoms with Crippen LogP contribution in [0.15, 0.2) is 77.8 Å². The number of esters is 1. The first-order valence-corrected chi connectivity index (χ1v) is 10.5. The fraction of sp³-hybridized carbons (Fsp3) is 0.0909. The number of carbonyl (C=O) groups is 1. The molecule has 0 aliphatic heterocycles. The number of ether oxygens (including phenoxy) is 1. The summed E-state index contributed by atoms with van der Waals surface area (Å²) >= 11 is 0. The fourth-order valence-corrected chi connectivity index (χ4v) is 3.61. The minimum absolute atomic E-state index is 0.0555. The van der Waals surface area contributed by atoms with Crippen molar-refractivity contribution in [1.29, 1.82) is 0 Å². The highest BCUT2D eigenvalue weighted by Crippen LogP contribution is 2.19. The van der Waals surface area contributed by atoms with E-state index in [1.165, 1.54) is 24.3 Å². The summed E-state index contributed by atoms with van der Waals surface area (Å²) in [6.07, 6.45) is 5.41. The molecule has 6 nitrogen and oxygen atoms in total. The fourth-order valence-electron chi connectivity index (χ4n) is 2.56. The molecule has 2 aromatic carbocycles. The molecule has 0 atom stereocenters. The Labute approximate surface area is 169 Å². The maximum atomic E-state index is 12.6. The smallest absolute Gasteiger partial charge is 0.338 e. The molecule has 0 saturated carbocycles. The van der Waals surface area contributed by atoms with Crippen molar-refractivity contribution in [3.8, 4) is 0 Å². The van der Waals surface area contributed by atoms with E-state index in [2.05, 4.69) is 9.71 Å². The van der Waals surface area contributed by atoms with E-state index in [1.807, 2.05) is 36.4 Å². The number of hydrogen-bond donors (Lipinski definition) is 1. The van der Waals surface area contributed by atoms with E-state index in [1.54, 1.807) is 31.3 Å². The van der Waals surface area contributed by atoms with Gasteiger partial charge in [-0.25, -0.2) is 13.2 Å². The molecule has 1 heterocycles. The summed E-state index contributed by atoms with van der Waals surface area (Å²) in [6.45, 7) is 1.96. The van der Waals surface area contributed by atoms with Crippen molar-refractivity contribution in [2.75, 3.05) is 11.3 Å². The molecule has 0 radical (unpaired) electrons. The third-order valence-electron chi connectivity index (χ3n) is 3.95. The van der Waals surface area contributed by atoms with Crippen LogP contribution in [0.5, 0.6) is 0 Å². The van der Waals surface area contributed by atoms with Gasteiger partial charge in [-0.05, 0) is 67.1 Å². The summed E-state index contributed by atoms with van der Waals surface area (Å²) in [5.41, 5.74) is 2.36. The predicted molar refractivity (Wildman–Crippen MR) is 113 cm³/mol. The Morgan fingerprint density at radius 2 is 1.83 bits per heavy atom. The van der Waals surface area contributed by atoms with Crippen molar-refractivity contribution in [2.45, 2.75) is 11.8 Å². The van der Waals surface area contributed by atoms with Gasteiger partial charge in [0.25, 0.3) is 10.0 Å². The molecule has 1 N–H and O–H groups in total. The van der Waals surface area contributed by atoms with Crippen molar-refractivity contribution in [3.05, 3.63) is 89.7 Å². The van der Waals surface area contributed by atoms with Gasteiger partial charge in [-0.2, -0.15) is 0 Å². The molecule has 29 heavy (non-hydrogen) atoms. The minimum Gasteiger partial charge on any atom is -0.462 e. The third kappa shape index (κ3) is 5.52. The van der Waals surface area contributed by atoms with Gasteiger partial charge in [0, 0.05) is 11.9 Å². The summed E-state index contributed by atoms with van der Waals surface area (Å²) in [5.74, 6) is -0.489. The SMILES string of the molecule is CCOC(=O)c1ccc(S(=O)(=O)Nc2cccc(/C=C/c3ccccn3)c2)cc1. The van der Waals surface area contributed by atoms with E-state index in [-0.39, 0.29) is 11.5 Å². The molecule has 1 aromatic heterocycles. The Kier molecular flexibility index (Phi) is 6.41. The molecule has 3 rings (SSSR count). The number of nitrogens with zero attached hydrogens (tertiary/aromatic N) is 1. The zero-order valence-electron chi connectivity index (χ0n) is 15.8. The summed E-state index contributed by atoms with van der Waals surface area (Å²) in [5, 5.41) is 0. The van der Waals surface area contributed by atoms with E-state index in [4.69, 9.17) is 4.74 Å². The van der Waals surface area contributed by atoms with Crippen molar-refractivity contribution >= 4 is 33.8 Å². The first-order chi connectivity index (χ1) is 14.0. The second kappa shape index (κ2) is 9.16. The quantitative estimate of drug-likeness (QED) is 0.592. The van der Waals surface area contributed by atoms with E-state index < -0.39 is 16.0 Å². The van der Waals surface area contributed by atoms with Crippen LogP contribution in [-0.4, -0.2) is 26.0 Å². The lowest BCUT2D eigenvalue weighted by atomic mass is 10.2. The lowest BCUT2D eigenvalue weighted by Gasteiger charge is -2.09. The number of pyridine rings is 1. The Morgan fingerprint density at radius 3 is 2.52 bits per heavy atom. The monoisotopic (exact) mass is 408 g/mol. The molecule has 0 saturated heterocycles. The van der Waals surface area contributed by atoms with Gasteiger partial charge in [0.1, 0.15) is 0 Å². The number of nitrogens with one attached hydrogen (secondary N) is 1. The molecule has 0 aliphatic carbocycles. The van der Waals surface area contributed by atoms with Crippen molar-refractivity contribution in [3.63, 3.8) is 0 Å². The van der Waals surface area contributed by atoms with E-state index >= 15 is 0 Å². The molecular weight excluding hydrogens is 388 g/mol. The summed E-state index contributed by atoms with van der Waals surface area (Å²) in [7, 11) is -3.79. The first kappa shape index (κ1) is 20.3. The Morgan fingerprint density at radius 1 is 1.03 bits per heavy atom. The van der Waals surface area contributed by atoms with Crippen LogP contribution < -0.4 is 4.72 Å². The largest absolute Gasteiger partial charge is 0.462 e. The Bertz CT molecular complexity index is 1110. The molecular formula is C22H20N2O4S. The second-order valence-electron chi connectivity index (χ2n) is 6.06. The average Bonchev–Trinajstić information content (AvgIpc) is 2.73. The average molecular weight is 408 g/mol. The van der Waals surface area contributed by atoms with Crippen molar-refractivity contribution < 1.29 is 17.9 Å². The van der Waals surface area contributed by atoms with E-state index in [0.29, 0.717) is 11.3 Å². The van der Waals surface area contributed by atoms with Gasteiger partial charge < -0.3 is 4.74 Å². The Balaban J connectivity index is 1.75. The summed E-state index contributed by atoms with van der Waals surface area (Å²) in [6, 6.07) is 18.2. The summed E-state index contributed by atoms with van der Waals surface area (Å²) in [4.78, 5) is 16.0. The van der Waals surface area contributed by atoms with Gasteiger partial charge in [0.15, 0.2) is 0 Å². The molecule has 148 valence electrons.